The number of aromatic amines is 1. The highest BCUT2D eigenvalue weighted by molar-refractivity contribution is 5.97. The second-order valence-corrected chi connectivity index (χ2v) is 10.7. The quantitative estimate of drug-likeness (QED) is 0.260. The number of alkyl carbamates (subject to hydrolysis) is 1. The van der Waals surface area contributed by atoms with Crippen LogP contribution < -0.4 is 16.4 Å². The van der Waals surface area contributed by atoms with E-state index < -0.39 is 42.1 Å². The number of benzene rings is 3. The van der Waals surface area contributed by atoms with E-state index in [0.717, 1.165) is 33.3 Å². The number of amides is 4. The maximum atomic E-state index is 13.8. The third-order valence-electron chi connectivity index (χ3n) is 8.01. The number of para-hydroxylation sites is 1. The molecule has 3 aromatic carbocycles. The fraction of sp³-hybridized carbons (Fsp3) is 0.250. The van der Waals surface area contributed by atoms with Crippen molar-refractivity contribution in [1.82, 2.24) is 20.5 Å². The van der Waals surface area contributed by atoms with Gasteiger partial charge in [0.2, 0.25) is 17.7 Å². The molecule has 4 amide bonds. The summed E-state index contributed by atoms with van der Waals surface area (Å²) in [5, 5.41) is 6.47. The fourth-order valence-corrected chi connectivity index (χ4v) is 6.00. The number of rotatable bonds is 8. The molecule has 2 aliphatic heterocycles. The van der Waals surface area contributed by atoms with Gasteiger partial charge in [0.25, 0.3) is 0 Å². The number of hydrogen-bond donors (Lipinski definition) is 4. The fourth-order valence-electron chi connectivity index (χ4n) is 6.00. The van der Waals surface area contributed by atoms with Crippen LogP contribution in [0.25, 0.3) is 10.9 Å². The number of ether oxygens (including phenoxy) is 1. The lowest BCUT2D eigenvalue weighted by Crippen LogP contribution is -2.57. The van der Waals surface area contributed by atoms with Gasteiger partial charge in [-0.2, -0.15) is 0 Å². The van der Waals surface area contributed by atoms with Crippen molar-refractivity contribution in [2.45, 2.75) is 50.0 Å². The van der Waals surface area contributed by atoms with E-state index in [-0.39, 0.29) is 31.8 Å². The Labute approximate surface area is 242 Å². The molecule has 4 atom stereocenters. The monoisotopic (exact) mass is 565 g/mol. The van der Waals surface area contributed by atoms with Gasteiger partial charge in [0.05, 0.1) is 6.04 Å². The van der Waals surface area contributed by atoms with Crippen molar-refractivity contribution < 1.29 is 23.9 Å². The lowest BCUT2D eigenvalue weighted by molar-refractivity contribution is -0.141. The zero-order chi connectivity index (χ0) is 29.2. The Hall–Kier alpha value is -5.12. The molecule has 1 aromatic heterocycles. The number of nitrogens with one attached hydrogen (secondary N) is 3. The molecular weight excluding hydrogens is 534 g/mol. The third kappa shape index (κ3) is 5.30. The summed E-state index contributed by atoms with van der Waals surface area (Å²) in [6, 6.07) is 23.1. The summed E-state index contributed by atoms with van der Waals surface area (Å²) in [5.41, 5.74) is 10.0. The Morgan fingerprint density at radius 2 is 1.62 bits per heavy atom. The number of hydrogen-bond acceptors (Lipinski definition) is 5. The molecular formula is C32H31N5O5. The molecule has 0 unspecified atom stereocenters. The van der Waals surface area contributed by atoms with Crippen LogP contribution in [0.5, 0.6) is 0 Å². The first kappa shape index (κ1) is 27.1. The van der Waals surface area contributed by atoms with E-state index in [2.05, 4.69) is 15.6 Å². The third-order valence-corrected chi connectivity index (χ3v) is 8.01. The Kier molecular flexibility index (Phi) is 7.35. The number of fused-ring (bicyclic) bond motifs is 5. The molecule has 5 N–H and O–H groups in total. The molecule has 0 radical (unpaired) electrons. The van der Waals surface area contributed by atoms with Crippen LogP contribution in [0.15, 0.2) is 84.9 Å². The first-order chi connectivity index (χ1) is 20.4. The summed E-state index contributed by atoms with van der Waals surface area (Å²) < 4.78 is 5.36. The van der Waals surface area contributed by atoms with Crippen molar-refractivity contribution in [3.8, 4) is 0 Å². The molecule has 1 fully saturated rings. The summed E-state index contributed by atoms with van der Waals surface area (Å²) in [5.74, 6) is -1.53. The first-order valence-corrected chi connectivity index (χ1v) is 13.9. The second-order valence-electron chi connectivity index (χ2n) is 10.7. The minimum absolute atomic E-state index is 0.0633. The first-order valence-electron chi connectivity index (χ1n) is 13.9. The van der Waals surface area contributed by atoms with E-state index >= 15 is 0 Å². The molecule has 10 heteroatoms. The average Bonchev–Trinajstić information content (AvgIpc) is 3.54. The van der Waals surface area contributed by atoms with Crippen LogP contribution in [0.4, 0.5) is 4.79 Å². The molecule has 1 saturated heterocycles. The van der Waals surface area contributed by atoms with Gasteiger partial charge in [-0.05, 0) is 22.8 Å². The summed E-state index contributed by atoms with van der Waals surface area (Å²) in [4.78, 5) is 57.6. The molecule has 6 rings (SSSR count). The molecule has 0 saturated carbocycles. The highest BCUT2D eigenvalue weighted by Crippen LogP contribution is 2.43. The van der Waals surface area contributed by atoms with Crippen molar-refractivity contribution in [3.05, 3.63) is 107 Å². The number of primary amides is 1. The Balaban J connectivity index is 1.25. The number of carbonyl (C=O) groups is 4. The van der Waals surface area contributed by atoms with Crippen molar-refractivity contribution in [2.75, 3.05) is 0 Å². The van der Waals surface area contributed by atoms with Crippen molar-refractivity contribution in [1.29, 1.82) is 0 Å². The number of carbonyl (C=O) groups excluding carboxylic acids is 4. The summed E-state index contributed by atoms with van der Waals surface area (Å²) in [7, 11) is 0. The van der Waals surface area contributed by atoms with Gasteiger partial charge in [0, 0.05) is 35.9 Å². The van der Waals surface area contributed by atoms with Gasteiger partial charge in [-0.1, -0.05) is 78.9 Å². The van der Waals surface area contributed by atoms with E-state index in [4.69, 9.17) is 10.5 Å². The lowest BCUT2D eigenvalue weighted by Gasteiger charge is -2.37. The zero-order valence-corrected chi connectivity index (χ0v) is 22.8. The van der Waals surface area contributed by atoms with Crippen molar-refractivity contribution in [2.24, 2.45) is 5.73 Å². The van der Waals surface area contributed by atoms with E-state index in [1.807, 2.05) is 84.9 Å². The molecule has 2 aliphatic rings. The molecule has 0 bridgehead atoms. The molecule has 214 valence electrons. The highest BCUT2D eigenvalue weighted by atomic mass is 16.5. The van der Waals surface area contributed by atoms with E-state index in [9.17, 15) is 19.2 Å². The minimum atomic E-state index is -0.956. The van der Waals surface area contributed by atoms with Crippen LogP contribution in [0.3, 0.4) is 0 Å². The molecule has 0 spiro atoms. The molecule has 3 heterocycles. The van der Waals surface area contributed by atoms with Crippen LogP contribution in [0.2, 0.25) is 0 Å². The number of aromatic nitrogens is 1. The normalized spacial score (nSPS) is 20.0. The maximum absolute atomic E-state index is 13.8. The van der Waals surface area contributed by atoms with Crippen LogP contribution in [0, 0.1) is 0 Å². The smallest absolute Gasteiger partial charge is 0.408 e. The molecule has 42 heavy (non-hydrogen) atoms. The van der Waals surface area contributed by atoms with Crippen molar-refractivity contribution >= 4 is 34.7 Å². The molecule has 0 aliphatic carbocycles. The molecule has 4 aromatic rings. The van der Waals surface area contributed by atoms with Crippen molar-refractivity contribution in [3.63, 3.8) is 0 Å². The Morgan fingerprint density at radius 1 is 0.952 bits per heavy atom. The summed E-state index contributed by atoms with van der Waals surface area (Å²) in [6.07, 6.45) is 0.00939. The predicted octanol–water partition coefficient (Wildman–Crippen LogP) is 2.87. The SMILES string of the molecule is NC(=O)[C@@H](Cc1ccccc1)NC(=O)[C@@H]1Cc2c([nH]c3ccccc23)[C@H]2C[C@H](NC(=O)OCc3ccccc3)C(=O)N21. The van der Waals surface area contributed by atoms with Crippen LogP contribution in [0.1, 0.15) is 34.8 Å². The standard InChI is InChI=1S/C32H31N5O5/c33-29(38)24(15-19-9-3-1-4-10-19)35-30(39)27-16-22-21-13-7-8-14-23(21)34-28(22)26-17-25(31(40)37(26)27)36-32(41)42-18-20-11-5-2-6-12-20/h1-14,24-27,34H,15-18H2,(H2,33,38)(H,35,39)(H,36,41)/t24-,25+,26-,27+/m1/s1. The van der Waals surface area contributed by atoms with E-state index in [0.29, 0.717) is 0 Å². The van der Waals surface area contributed by atoms with E-state index in [1.165, 1.54) is 4.90 Å². The topological polar surface area (TPSA) is 147 Å². The average molecular weight is 566 g/mol. The zero-order valence-electron chi connectivity index (χ0n) is 22.8. The van der Waals surface area contributed by atoms with Crippen LogP contribution >= 0.6 is 0 Å². The Morgan fingerprint density at radius 3 is 2.33 bits per heavy atom. The van der Waals surface area contributed by atoms with E-state index in [1.54, 1.807) is 0 Å². The van der Waals surface area contributed by atoms with Gasteiger partial charge in [0.1, 0.15) is 24.7 Å². The highest BCUT2D eigenvalue weighted by Gasteiger charge is 2.51. The minimum Gasteiger partial charge on any atom is -0.445 e. The van der Waals surface area contributed by atoms with Gasteiger partial charge in [-0.3, -0.25) is 14.4 Å². The van der Waals surface area contributed by atoms with Gasteiger partial charge in [-0.15, -0.1) is 0 Å². The number of nitrogens with zero attached hydrogens (tertiary/aromatic N) is 1. The largest absolute Gasteiger partial charge is 0.445 e. The maximum Gasteiger partial charge on any atom is 0.408 e. The van der Waals surface area contributed by atoms with Gasteiger partial charge in [0.15, 0.2) is 0 Å². The van der Waals surface area contributed by atoms with Gasteiger partial charge in [-0.25, -0.2) is 4.79 Å². The molecule has 10 nitrogen and oxygen atoms in total. The summed E-state index contributed by atoms with van der Waals surface area (Å²) in [6.45, 7) is 0.0633. The van der Waals surface area contributed by atoms with Gasteiger partial charge >= 0.3 is 6.09 Å². The number of nitrogens with two attached hydrogens (primary N) is 1. The van der Waals surface area contributed by atoms with Crippen LogP contribution in [-0.2, 0) is 38.6 Å². The lowest BCUT2D eigenvalue weighted by atomic mass is 9.91. The van der Waals surface area contributed by atoms with Gasteiger partial charge < -0.3 is 31.0 Å². The predicted molar refractivity (Wildman–Crippen MR) is 155 cm³/mol. The number of H-pyrrole nitrogens is 1. The van der Waals surface area contributed by atoms with Crippen LogP contribution in [-0.4, -0.2) is 51.8 Å². The Bertz CT molecular complexity index is 1640. The second kappa shape index (κ2) is 11.4. The summed E-state index contributed by atoms with van der Waals surface area (Å²) >= 11 is 0.